The second-order valence-electron chi connectivity index (χ2n) is 4.47. The van der Waals surface area contributed by atoms with Crippen LogP contribution in [0, 0.1) is 0 Å². The van der Waals surface area contributed by atoms with Gasteiger partial charge in [-0.3, -0.25) is 0 Å². The molecule has 2 heterocycles. The Morgan fingerprint density at radius 1 is 1.44 bits per heavy atom. The zero-order valence-electron chi connectivity index (χ0n) is 10.3. The Bertz CT molecular complexity index is 457. The fourth-order valence-corrected chi connectivity index (χ4v) is 2.31. The Balaban J connectivity index is 2.28. The number of ether oxygens (including phenoxy) is 1. The van der Waals surface area contributed by atoms with Crippen LogP contribution in [-0.4, -0.2) is 41.4 Å². The smallest absolute Gasteiger partial charge is 0.356 e. The van der Waals surface area contributed by atoms with Crippen LogP contribution in [0.15, 0.2) is 12.1 Å². The van der Waals surface area contributed by atoms with Crippen molar-refractivity contribution in [1.82, 2.24) is 4.98 Å². The highest BCUT2D eigenvalue weighted by Crippen LogP contribution is 2.22. The first-order valence-corrected chi connectivity index (χ1v) is 6.15. The lowest BCUT2D eigenvalue weighted by Gasteiger charge is -2.36. The Hall–Kier alpha value is -1.33. The summed E-state index contributed by atoms with van der Waals surface area (Å²) in [4.78, 5) is 17.1. The fraction of sp³-hybridized carbons (Fsp3) is 0.500. The van der Waals surface area contributed by atoms with Crippen LogP contribution in [0.5, 0.6) is 0 Å². The molecule has 2 rings (SSSR count). The van der Waals surface area contributed by atoms with Crippen molar-refractivity contribution in [3.63, 3.8) is 0 Å². The van der Waals surface area contributed by atoms with E-state index in [1.807, 2.05) is 18.7 Å². The van der Waals surface area contributed by atoms with Crippen LogP contribution in [0.2, 0.25) is 5.02 Å². The molecule has 0 bridgehead atoms. The predicted octanol–water partition coefficient (Wildman–Crippen LogP) is 2.05. The van der Waals surface area contributed by atoms with Crippen LogP contribution < -0.4 is 4.90 Å². The number of carboxylic acids is 1. The number of halogens is 1. The van der Waals surface area contributed by atoms with Gasteiger partial charge >= 0.3 is 5.97 Å². The van der Waals surface area contributed by atoms with Crippen molar-refractivity contribution in [3.05, 3.63) is 22.8 Å². The van der Waals surface area contributed by atoms with E-state index in [4.69, 9.17) is 21.4 Å². The number of aromatic nitrogens is 1. The highest BCUT2D eigenvalue weighted by atomic mass is 35.5. The summed E-state index contributed by atoms with van der Waals surface area (Å²) in [5.74, 6) is -0.491. The molecular formula is C12H15ClN2O3. The molecule has 1 aromatic rings. The molecule has 2 atom stereocenters. The summed E-state index contributed by atoms with van der Waals surface area (Å²) in [5.41, 5.74) is -0.110. The van der Waals surface area contributed by atoms with E-state index in [0.717, 1.165) is 0 Å². The monoisotopic (exact) mass is 270 g/mol. The molecule has 1 aliphatic heterocycles. The second kappa shape index (κ2) is 5.12. The summed E-state index contributed by atoms with van der Waals surface area (Å²) < 4.78 is 5.63. The summed E-state index contributed by atoms with van der Waals surface area (Å²) in [7, 11) is 0. The fourth-order valence-electron chi connectivity index (χ4n) is 2.12. The summed E-state index contributed by atoms with van der Waals surface area (Å²) in [6.07, 6.45) is 0.194. The van der Waals surface area contributed by atoms with Crippen LogP contribution in [-0.2, 0) is 4.74 Å². The van der Waals surface area contributed by atoms with Gasteiger partial charge in [-0.2, -0.15) is 0 Å². The second-order valence-corrected chi connectivity index (χ2v) is 4.87. The van der Waals surface area contributed by atoms with E-state index in [-0.39, 0.29) is 22.9 Å². The molecule has 5 nitrogen and oxygen atoms in total. The zero-order chi connectivity index (χ0) is 13.3. The van der Waals surface area contributed by atoms with Crippen molar-refractivity contribution >= 4 is 23.4 Å². The first-order valence-electron chi connectivity index (χ1n) is 5.77. The quantitative estimate of drug-likeness (QED) is 0.891. The van der Waals surface area contributed by atoms with Crippen molar-refractivity contribution in [1.29, 1.82) is 0 Å². The lowest BCUT2D eigenvalue weighted by molar-refractivity contribution is -0.00546. The maximum atomic E-state index is 11.0. The average Bonchev–Trinajstić information content (AvgIpc) is 2.27. The summed E-state index contributed by atoms with van der Waals surface area (Å²) >= 11 is 5.80. The molecule has 0 saturated carbocycles. The number of hydrogen-bond acceptors (Lipinski definition) is 4. The van der Waals surface area contributed by atoms with Crippen LogP contribution in [0.4, 0.5) is 5.82 Å². The number of hydrogen-bond donors (Lipinski definition) is 1. The maximum Gasteiger partial charge on any atom is 0.356 e. The molecule has 0 spiro atoms. The number of pyridine rings is 1. The highest BCUT2D eigenvalue weighted by molar-refractivity contribution is 6.33. The van der Waals surface area contributed by atoms with E-state index in [1.165, 1.54) is 0 Å². The third kappa shape index (κ3) is 2.73. The van der Waals surface area contributed by atoms with E-state index in [2.05, 4.69) is 4.98 Å². The molecule has 0 aromatic carbocycles. The first kappa shape index (κ1) is 13.1. The van der Waals surface area contributed by atoms with E-state index in [0.29, 0.717) is 18.9 Å². The van der Waals surface area contributed by atoms with Gasteiger partial charge in [0.25, 0.3) is 0 Å². The molecule has 0 radical (unpaired) electrons. The van der Waals surface area contributed by atoms with Gasteiger partial charge in [0, 0.05) is 13.1 Å². The standard InChI is InChI=1S/C12H15ClN2O3/c1-7-5-15(6-8(2)18-7)10-4-3-9(13)11(14-10)12(16)17/h3-4,7-8H,5-6H2,1-2H3,(H,16,17)/t7-,8+. The molecule has 1 aromatic heterocycles. The Morgan fingerprint density at radius 2 is 2.06 bits per heavy atom. The minimum Gasteiger partial charge on any atom is -0.476 e. The van der Waals surface area contributed by atoms with Gasteiger partial charge in [-0.1, -0.05) is 11.6 Å². The van der Waals surface area contributed by atoms with E-state index in [1.54, 1.807) is 12.1 Å². The molecule has 0 aliphatic carbocycles. The summed E-state index contributed by atoms with van der Waals surface area (Å²) in [6, 6.07) is 3.30. The lowest BCUT2D eigenvalue weighted by atomic mass is 10.2. The zero-order valence-corrected chi connectivity index (χ0v) is 11.0. The molecular weight excluding hydrogens is 256 g/mol. The van der Waals surface area contributed by atoms with Gasteiger partial charge in [-0.25, -0.2) is 9.78 Å². The largest absolute Gasteiger partial charge is 0.476 e. The van der Waals surface area contributed by atoms with Crippen LogP contribution in [0.3, 0.4) is 0 Å². The van der Waals surface area contributed by atoms with E-state index < -0.39 is 5.97 Å². The van der Waals surface area contributed by atoms with Gasteiger partial charge < -0.3 is 14.7 Å². The van der Waals surface area contributed by atoms with Gasteiger partial charge in [0.2, 0.25) is 0 Å². The number of anilines is 1. The molecule has 1 N–H and O–H groups in total. The van der Waals surface area contributed by atoms with E-state index >= 15 is 0 Å². The van der Waals surface area contributed by atoms with E-state index in [9.17, 15) is 4.79 Å². The third-order valence-electron chi connectivity index (χ3n) is 2.78. The Morgan fingerprint density at radius 3 is 2.61 bits per heavy atom. The Labute approximate surface area is 110 Å². The Kier molecular flexibility index (Phi) is 3.73. The van der Waals surface area contributed by atoms with Crippen molar-refractivity contribution in [2.24, 2.45) is 0 Å². The minimum absolute atomic E-state index is 0.0968. The molecule has 18 heavy (non-hydrogen) atoms. The van der Waals surface area contributed by atoms with Gasteiger partial charge in [0.15, 0.2) is 5.69 Å². The summed E-state index contributed by atoms with van der Waals surface area (Å²) in [5, 5.41) is 9.16. The van der Waals surface area contributed by atoms with Crippen LogP contribution in [0.25, 0.3) is 0 Å². The number of carboxylic acid groups (broad SMARTS) is 1. The highest BCUT2D eigenvalue weighted by Gasteiger charge is 2.24. The molecule has 1 saturated heterocycles. The van der Waals surface area contributed by atoms with Crippen molar-refractivity contribution < 1.29 is 14.6 Å². The van der Waals surface area contributed by atoms with Gasteiger partial charge in [0.05, 0.1) is 17.2 Å². The normalized spacial score (nSPS) is 24.1. The number of nitrogens with zero attached hydrogens (tertiary/aromatic N) is 2. The number of rotatable bonds is 2. The lowest BCUT2D eigenvalue weighted by Crippen LogP contribution is -2.45. The molecule has 1 fully saturated rings. The number of morpholine rings is 1. The van der Waals surface area contributed by atoms with Crippen molar-refractivity contribution in [2.75, 3.05) is 18.0 Å². The molecule has 0 unspecified atom stereocenters. The SMILES string of the molecule is C[C@@H]1CN(c2ccc(Cl)c(C(=O)O)n2)C[C@H](C)O1. The van der Waals surface area contributed by atoms with Gasteiger partial charge in [-0.05, 0) is 26.0 Å². The summed E-state index contributed by atoms with van der Waals surface area (Å²) in [6.45, 7) is 5.35. The molecule has 0 amide bonds. The number of aromatic carboxylic acids is 1. The van der Waals surface area contributed by atoms with Gasteiger partial charge in [0.1, 0.15) is 5.82 Å². The topological polar surface area (TPSA) is 62.7 Å². The number of carbonyl (C=O) groups is 1. The predicted molar refractivity (Wildman–Crippen MR) is 68.4 cm³/mol. The third-order valence-corrected chi connectivity index (χ3v) is 3.08. The maximum absolute atomic E-state index is 11.0. The minimum atomic E-state index is -1.11. The van der Waals surface area contributed by atoms with Crippen molar-refractivity contribution in [2.45, 2.75) is 26.1 Å². The molecule has 1 aliphatic rings. The van der Waals surface area contributed by atoms with Crippen LogP contribution >= 0.6 is 11.6 Å². The molecule has 6 heteroatoms. The average molecular weight is 271 g/mol. The van der Waals surface area contributed by atoms with Crippen molar-refractivity contribution in [3.8, 4) is 0 Å². The van der Waals surface area contributed by atoms with Crippen LogP contribution in [0.1, 0.15) is 24.3 Å². The first-order chi connectivity index (χ1) is 8.47. The van der Waals surface area contributed by atoms with Gasteiger partial charge in [-0.15, -0.1) is 0 Å². The molecule has 98 valence electrons.